The fourth-order valence-corrected chi connectivity index (χ4v) is 1.24. The number of aliphatic hydroxyl groups is 1. The maximum atomic E-state index is 9.72. The Balaban J connectivity index is 2.71. The third-order valence-corrected chi connectivity index (χ3v) is 1.98. The van der Waals surface area contributed by atoms with Gasteiger partial charge in [-0.3, -0.25) is 0 Å². The molecule has 1 atom stereocenters. The molecule has 1 heteroatoms. The maximum absolute atomic E-state index is 9.72. The van der Waals surface area contributed by atoms with Crippen LogP contribution in [-0.2, 0) is 0 Å². The zero-order chi connectivity index (χ0) is 7.61. The normalized spacial score (nSPS) is 32.1. The predicted molar refractivity (Wildman–Crippen MR) is 42.8 cm³/mol. The molecule has 0 radical (unpaired) electrons. The molecule has 0 aromatic heterocycles. The summed E-state index contributed by atoms with van der Waals surface area (Å²) in [5.74, 6) is 0. The molecule has 0 fully saturated rings. The molecule has 0 aromatic carbocycles. The number of hydrogen-bond acceptors (Lipinski definition) is 1. The van der Waals surface area contributed by atoms with E-state index in [1.54, 1.807) is 0 Å². The van der Waals surface area contributed by atoms with E-state index in [-0.39, 0.29) is 0 Å². The molecule has 0 spiro atoms. The minimum Gasteiger partial charge on any atom is -0.385 e. The van der Waals surface area contributed by atoms with E-state index in [4.69, 9.17) is 0 Å². The van der Waals surface area contributed by atoms with Crippen molar-refractivity contribution in [2.45, 2.75) is 32.3 Å². The summed E-state index contributed by atoms with van der Waals surface area (Å²) in [6.45, 7) is 4.05. The van der Waals surface area contributed by atoms with E-state index in [0.717, 1.165) is 12.8 Å². The van der Waals surface area contributed by atoms with Crippen LogP contribution in [0.4, 0.5) is 0 Å². The molecule has 1 nitrogen and oxygen atoms in total. The molecular weight excluding hydrogens is 124 g/mol. The Morgan fingerprint density at radius 2 is 2.40 bits per heavy atom. The van der Waals surface area contributed by atoms with Gasteiger partial charge in [-0.05, 0) is 13.3 Å². The first-order valence-corrected chi connectivity index (χ1v) is 3.74. The van der Waals surface area contributed by atoms with Crippen molar-refractivity contribution in [2.75, 3.05) is 0 Å². The summed E-state index contributed by atoms with van der Waals surface area (Å²) in [7, 11) is 0. The number of allylic oxidation sites excluding steroid dienone is 2. The average Bonchev–Trinajstić information content (AvgIpc) is 1.88. The molecule has 1 aliphatic carbocycles. The molecule has 1 unspecified atom stereocenters. The van der Waals surface area contributed by atoms with E-state index in [9.17, 15) is 5.11 Å². The fourth-order valence-electron chi connectivity index (χ4n) is 1.24. The molecule has 56 valence electrons. The zero-order valence-electron chi connectivity index (χ0n) is 6.59. The third-order valence-electron chi connectivity index (χ3n) is 1.98. The highest BCUT2D eigenvalue weighted by atomic mass is 16.3. The topological polar surface area (TPSA) is 20.2 Å². The Bertz CT molecular complexity index is 179. The van der Waals surface area contributed by atoms with Crippen molar-refractivity contribution in [1.29, 1.82) is 0 Å². The van der Waals surface area contributed by atoms with Gasteiger partial charge in [0.15, 0.2) is 0 Å². The van der Waals surface area contributed by atoms with Crippen LogP contribution in [0.2, 0.25) is 0 Å². The fraction of sp³-hybridized carbons (Fsp3) is 0.556. The van der Waals surface area contributed by atoms with Crippen LogP contribution in [0.1, 0.15) is 26.7 Å². The van der Waals surface area contributed by atoms with Crippen LogP contribution in [0.15, 0.2) is 23.8 Å². The van der Waals surface area contributed by atoms with Gasteiger partial charge in [-0.2, -0.15) is 0 Å². The largest absolute Gasteiger partial charge is 0.385 e. The lowest BCUT2D eigenvalue weighted by molar-refractivity contribution is 0.0859. The molecule has 0 aromatic rings. The SMILES string of the molecule is CCC1(O)C=CC=C(C)C1. The van der Waals surface area contributed by atoms with E-state index in [1.165, 1.54) is 5.57 Å². The van der Waals surface area contributed by atoms with Crippen LogP contribution in [0.25, 0.3) is 0 Å². The molecule has 1 N–H and O–H groups in total. The predicted octanol–water partition coefficient (Wildman–Crippen LogP) is 2.03. The summed E-state index contributed by atoms with van der Waals surface area (Å²) in [6, 6.07) is 0. The summed E-state index contributed by atoms with van der Waals surface area (Å²) in [5, 5.41) is 9.72. The van der Waals surface area contributed by atoms with Gasteiger partial charge in [0.1, 0.15) is 0 Å². The monoisotopic (exact) mass is 138 g/mol. The standard InChI is InChI=1S/C9H14O/c1-3-9(10)6-4-5-8(2)7-9/h4-6,10H,3,7H2,1-2H3. The lowest BCUT2D eigenvalue weighted by atomic mass is 9.88. The van der Waals surface area contributed by atoms with Gasteiger partial charge in [0.25, 0.3) is 0 Å². The Labute approximate surface area is 62.1 Å². The first-order valence-electron chi connectivity index (χ1n) is 3.74. The summed E-state index contributed by atoms with van der Waals surface area (Å²) in [5.41, 5.74) is 0.700. The number of hydrogen-bond donors (Lipinski definition) is 1. The van der Waals surface area contributed by atoms with E-state index in [0.29, 0.717) is 0 Å². The molecule has 0 heterocycles. The quantitative estimate of drug-likeness (QED) is 0.588. The van der Waals surface area contributed by atoms with E-state index in [1.807, 2.05) is 32.1 Å². The highest BCUT2D eigenvalue weighted by molar-refractivity contribution is 5.23. The van der Waals surface area contributed by atoms with Crippen LogP contribution in [0.3, 0.4) is 0 Å². The minimum absolute atomic E-state index is 0.557. The molecule has 0 saturated carbocycles. The molecule has 1 aliphatic rings. The molecule has 0 saturated heterocycles. The van der Waals surface area contributed by atoms with Crippen molar-refractivity contribution in [2.24, 2.45) is 0 Å². The lowest BCUT2D eigenvalue weighted by Crippen LogP contribution is -2.26. The highest BCUT2D eigenvalue weighted by Crippen LogP contribution is 2.25. The molecular formula is C9H14O. The summed E-state index contributed by atoms with van der Waals surface area (Å²) < 4.78 is 0. The van der Waals surface area contributed by atoms with Crippen molar-refractivity contribution in [3.8, 4) is 0 Å². The molecule has 1 rings (SSSR count). The van der Waals surface area contributed by atoms with E-state index < -0.39 is 5.60 Å². The summed E-state index contributed by atoms with van der Waals surface area (Å²) >= 11 is 0. The summed E-state index contributed by atoms with van der Waals surface area (Å²) in [6.07, 6.45) is 7.45. The lowest BCUT2D eigenvalue weighted by Gasteiger charge is -2.25. The molecule has 0 aliphatic heterocycles. The smallest absolute Gasteiger partial charge is 0.0865 e. The van der Waals surface area contributed by atoms with Gasteiger partial charge in [0.2, 0.25) is 0 Å². The van der Waals surface area contributed by atoms with Crippen LogP contribution < -0.4 is 0 Å². The molecule has 10 heavy (non-hydrogen) atoms. The van der Waals surface area contributed by atoms with Gasteiger partial charge >= 0.3 is 0 Å². The second-order valence-corrected chi connectivity index (χ2v) is 3.01. The van der Waals surface area contributed by atoms with Crippen molar-refractivity contribution >= 4 is 0 Å². The number of rotatable bonds is 1. The van der Waals surface area contributed by atoms with Crippen LogP contribution in [0, 0.1) is 0 Å². The van der Waals surface area contributed by atoms with Crippen molar-refractivity contribution in [1.82, 2.24) is 0 Å². The van der Waals surface area contributed by atoms with E-state index >= 15 is 0 Å². The first-order chi connectivity index (χ1) is 4.66. The Morgan fingerprint density at radius 3 is 2.80 bits per heavy atom. The molecule has 0 bridgehead atoms. The van der Waals surface area contributed by atoms with Crippen LogP contribution >= 0.6 is 0 Å². The van der Waals surface area contributed by atoms with Gasteiger partial charge in [-0.15, -0.1) is 0 Å². The Morgan fingerprint density at radius 1 is 1.70 bits per heavy atom. The zero-order valence-corrected chi connectivity index (χ0v) is 6.59. The van der Waals surface area contributed by atoms with Crippen LogP contribution in [0.5, 0.6) is 0 Å². The molecule has 0 amide bonds. The van der Waals surface area contributed by atoms with Crippen molar-refractivity contribution < 1.29 is 5.11 Å². The van der Waals surface area contributed by atoms with Gasteiger partial charge in [-0.25, -0.2) is 0 Å². The second-order valence-electron chi connectivity index (χ2n) is 3.01. The Kier molecular flexibility index (Phi) is 1.95. The van der Waals surface area contributed by atoms with Crippen LogP contribution in [-0.4, -0.2) is 10.7 Å². The maximum Gasteiger partial charge on any atom is 0.0865 e. The van der Waals surface area contributed by atoms with Gasteiger partial charge in [0, 0.05) is 6.42 Å². The van der Waals surface area contributed by atoms with Gasteiger partial charge in [0.05, 0.1) is 5.60 Å². The van der Waals surface area contributed by atoms with Gasteiger partial charge in [-0.1, -0.05) is 30.7 Å². The second kappa shape index (κ2) is 2.59. The van der Waals surface area contributed by atoms with Gasteiger partial charge < -0.3 is 5.11 Å². The third kappa shape index (κ3) is 1.48. The highest BCUT2D eigenvalue weighted by Gasteiger charge is 2.22. The first kappa shape index (κ1) is 7.55. The summed E-state index contributed by atoms with van der Waals surface area (Å²) in [4.78, 5) is 0. The van der Waals surface area contributed by atoms with E-state index in [2.05, 4.69) is 0 Å². The minimum atomic E-state index is -0.557. The Hall–Kier alpha value is -0.560. The van der Waals surface area contributed by atoms with Crippen molar-refractivity contribution in [3.63, 3.8) is 0 Å². The van der Waals surface area contributed by atoms with Crippen molar-refractivity contribution in [3.05, 3.63) is 23.8 Å². The average molecular weight is 138 g/mol.